The van der Waals surface area contributed by atoms with Gasteiger partial charge >= 0.3 is 0 Å². The van der Waals surface area contributed by atoms with Gasteiger partial charge in [0.1, 0.15) is 0 Å². The summed E-state index contributed by atoms with van der Waals surface area (Å²) in [4.78, 5) is 5.21. The monoisotopic (exact) mass is 316 g/mol. The van der Waals surface area contributed by atoms with Gasteiger partial charge in [-0.2, -0.15) is 0 Å². The third kappa shape index (κ3) is 2.83. The molecule has 0 radical (unpaired) electrons. The Balaban J connectivity index is 2.20. The number of hydrogen-bond donors (Lipinski definition) is 1. The summed E-state index contributed by atoms with van der Waals surface area (Å²) in [7, 11) is 0. The molecule has 2 nitrogen and oxygen atoms in total. The van der Waals surface area contributed by atoms with Crippen LogP contribution < -0.4 is 5.73 Å². The van der Waals surface area contributed by atoms with Gasteiger partial charge in [0, 0.05) is 33.0 Å². The molecule has 1 aromatic heterocycles. The molecule has 0 aliphatic rings. The fraction of sp³-hybridized carbons (Fsp3) is 0.182. The summed E-state index contributed by atoms with van der Waals surface area (Å²) in [6.07, 6.45) is 2.63. The van der Waals surface area contributed by atoms with Gasteiger partial charge in [-0.05, 0) is 23.8 Å². The molecule has 5 heteroatoms. The van der Waals surface area contributed by atoms with E-state index in [0.29, 0.717) is 5.02 Å². The molecule has 0 spiro atoms. The Morgan fingerprint density at radius 2 is 2.31 bits per heavy atom. The lowest BCUT2D eigenvalue weighted by Gasteiger charge is -2.13. The predicted molar refractivity (Wildman–Crippen MR) is 71.9 cm³/mol. The molecule has 0 saturated carbocycles. The third-order valence-corrected chi connectivity index (χ3v) is 4.02. The largest absolute Gasteiger partial charge is 0.324 e. The molecule has 0 fully saturated rings. The van der Waals surface area contributed by atoms with Gasteiger partial charge < -0.3 is 5.73 Å². The van der Waals surface area contributed by atoms with E-state index in [-0.39, 0.29) is 6.04 Å². The summed E-state index contributed by atoms with van der Waals surface area (Å²) < 4.78 is 0.994. The average Bonchev–Trinajstić information content (AvgIpc) is 2.74. The highest BCUT2D eigenvalue weighted by Gasteiger charge is 2.12. The average molecular weight is 318 g/mol. The van der Waals surface area contributed by atoms with Gasteiger partial charge in [0.15, 0.2) is 0 Å². The Morgan fingerprint density at radius 1 is 1.50 bits per heavy atom. The van der Waals surface area contributed by atoms with Crippen molar-refractivity contribution in [1.29, 1.82) is 0 Å². The molecule has 16 heavy (non-hydrogen) atoms. The Labute approximate surface area is 112 Å². The molecule has 2 rings (SSSR count). The van der Waals surface area contributed by atoms with Crippen molar-refractivity contribution in [2.75, 3.05) is 0 Å². The van der Waals surface area contributed by atoms with Gasteiger partial charge in [0.05, 0.1) is 5.51 Å². The lowest BCUT2D eigenvalue weighted by molar-refractivity contribution is 0.725. The van der Waals surface area contributed by atoms with Crippen molar-refractivity contribution >= 4 is 38.9 Å². The number of benzene rings is 1. The molecule has 84 valence electrons. The normalized spacial score (nSPS) is 12.7. The van der Waals surface area contributed by atoms with Crippen LogP contribution in [0, 0.1) is 0 Å². The molecule has 0 aliphatic heterocycles. The van der Waals surface area contributed by atoms with E-state index in [9.17, 15) is 0 Å². The molecule has 2 N–H and O–H groups in total. The topological polar surface area (TPSA) is 38.9 Å². The molecule has 0 saturated heterocycles. The minimum Gasteiger partial charge on any atom is -0.324 e. The first kappa shape index (κ1) is 12.0. The minimum atomic E-state index is -0.0616. The maximum atomic E-state index is 6.15. The molecular weight excluding hydrogens is 308 g/mol. The van der Waals surface area contributed by atoms with Crippen LogP contribution in [0.1, 0.15) is 16.5 Å². The molecule has 2 aromatic rings. The van der Waals surface area contributed by atoms with E-state index < -0.39 is 0 Å². The van der Waals surface area contributed by atoms with Crippen LogP contribution in [0.2, 0.25) is 5.02 Å². The third-order valence-electron chi connectivity index (χ3n) is 2.26. The molecule has 1 aromatic carbocycles. The molecule has 1 atom stereocenters. The second-order valence-electron chi connectivity index (χ2n) is 3.44. The van der Waals surface area contributed by atoms with Crippen molar-refractivity contribution in [3.8, 4) is 0 Å². The van der Waals surface area contributed by atoms with Crippen molar-refractivity contribution in [3.05, 3.63) is 49.8 Å². The Bertz CT molecular complexity index is 473. The zero-order valence-electron chi connectivity index (χ0n) is 8.36. The van der Waals surface area contributed by atoms with Gasteiger partial charge in [0.2, 0.25) is 0 Å². The summed E-state index contributed by atoms with van der Waals surface area (Å²) in [6, 6.07) is 5.60. The zero-order chi connectivity index (χ0) is 11.5. The first-order valence-electron chi connectivity index (χ1n) is 4.74. The number of hydrogen-bond acceptors (Lipinski definition) is 3. The summed E-state index contributed by atoms with van der Waals surface area (Å²) in [5.41, 5.74) is 8.99. The van der Waals surface area contributed by atoms with Crippen LogP contribution in [0.15, 0.2) is 34.4 Å². The fourth-order valence-electron chi connectivity index (χ4n) is 1.47. The molecule has 0 amide bonds. The first-order valence-corrected chi connectivity index (χ1v) is 6.80. The minimum absolute atomic E-state index is 0.0616. The van der Waals surface area contributed by atoms with Crippen LogP contribution in [-0.2, 0) is 6.42 Å². The number of halogens is 2. The standard InChI is InChI=1S/C11H10BrClN2S/c12-10-2-1-7(13)3-9(10)11(14)4-8-5-15-6-16-8/h1-3,5-6,11H,4,14H2. The predicted octanol–water partition coefficient (Wildman–Crippen LogP) is 3.80. The Kier molecular flexibility index (Phi) is 3.97. The highest BCUT2D eigenvalue weighted by Crippen LogP contribution is 2.28. The van der Waals surface area contributed by atoms with E-state index in [0.717, 1.165) is 16.5 Å². The lowest BCUT2D eigenvalue weighted by Crippen LogP contribution is -2.13. The maximum absolute atomic E-state index is 6.15. The Morgan fingerprint density at radius 3 is 3.00 bits per heavy atom. The van der Waals surface area contributed by atoms with Crippen molar-refractivity contribution in [2.24, 2.45) is 5.73 Å². The highest BCUT2D eigenvalue weighted by atomic mass is 79.9. The maximum Gasteiger partial charge on any atom is 0.0794 e. The quantitative estimate of drug-likeness (QED) is 0.935. The van der Waals surface area contributed by atoms with Crippen LogP contribution >= 0.6 is 38.9 Å². The van der Waals surface area contributed by atoms with Gasteiger partial charge in [-0.25, -0.2) is 0 Å². The molecular formula is C11H10BrClN2S. The Hall–Kier alpha value is -0.420. The molecule has 0 aliphatic carbocycles. The highest BCUT2D eigenvalue weighted by molar-refractivity contribution is 9.10. The zero-order valence-corrected chi connectivity index (χ0v) is 11.5. The van der Waals surface area contributed by atoms with E-state index >= 15 is 0 Å². The van der Waals surface area contributed by atoms with E-state index in [2.05, 4.69) is 20.9 Å². The summed E-state index contributed by atoms with van der Waals surface area (Å²) in [5, 5.41) is 0.706. The van der Waals surface area contributed by atoms with Crippen molar-refractivity contribution in [1.82, 2.24) is 4.98 Å². The van der Waals surface area contributed by atoms with Crippen molar-refractivity contribution in [2.45, 2.75) is 12.5 Å². The van der Waals surface area contributed by atoms with Crippen LogP contribution in [-0.4, -0.2) is 4.98 Å². The van der Waals surface area contributed by atoms with E-state index in [1.807, 2.05) is 29.9 Å². The second-order valence-corrected chi connectivity index (χ2v) is 5.71. The molecule has 1 heterocycles. The summed E-state index contributed by atoms with van der Waals surface area (Å²) in [5.74, 6) is 0. The van der Waals surface area contributed by atoms with Crippen LogP contribution in [0.3, 0.4) is 0 Å². The number of nitrogens with two attached hydrogens (primary N) is 1. The van der Waals surface area contributed by atoms with E-state index in [1.165, 1.54) is 4.88 Å². The van der Waals surface area contributed by atoms with E-state index in [4.69, 9.17) is 17.3 Å². The number of rotatable bonds is 3. The van der Waals surface area contributed by atoms with Crippen LogP contribution in [0.4, 0.5) is 0 Å². The van der Waals surface area contributed by atoms with Crippen molar-refractivity contribution in [3.63, 3.8) is 0 Å². The van der Waals surface area contributed by atoms with Gasteiger partial charge in [-0.1, -0.05) is 27.5 Å². The SMILES string of the molecule is NC(Cc1cncs1)c1cc(Cl)ccc1Br. The summed E-state index contributed by atoms with van der Waals surface area (Å²) >= 11 is 11.1. The molecule has 1 unspecified atom stereocenters. The van der Waals surface area contributed by atoms with Crippen LogP contribution in [0.5, 0.6) is 0 Å². The van der Waals surface area contributed by atoms with Gasteiger partial charge in [0.25, 0.3) is 0 Å². The number of thiazole rings is 1. The summed E-state index contributed by atoms with van der Waals surface area (Å²) in [6.45, 7) is 0. The van der Waals surface area contributed by atoms with Crippen molar-refractivity contribution < 1.29 is 0 Å². The molecule has 0 bridgehead atoms. The smallest absolute Gasteiger partial charge is 0.0794 e. The number of nitrogens with zero attached hydrogens (tertiary/aromatic N) is 1. The second kappa shape index (κ2) is 5.27. The van der Waals surface area contributed by atoms with Gasteiger partial charge in [-0.15, -0.1) is 11.3 Å². The fourth-order valence-corrected chi connectivity index (χ4v) is 2.84. The number of aromatic nitrogens is 1. The first-order chi connectivity index (χ1) is 7.66. The van der Waals surface area contributed by atoms with E-state index in [1.54, 1.807) is 11.3 Å². The van der Waals surface area contributed by atoms with Gasteiger partial charge in [-0.3, -0.25) is 4.98 Å². The van der Waals surface area contributed by atoms with Crippen LogP contribution in [0.25, 0.3) is 0 Å². The lowest BCUT2D eigenvalue weighted by atomic mass is 10.0.